The van der Waals surface area contributed by atoms with Crippen molar-refractivity contribution >= 4 is 10.9 Å². The molecule has 0 amide bonds. The highest BCUT2D eigenvalue weighted by molar-refractivity contribution is 5.90. The lowest BCUT2D eigenvalue weighted by Crippen LogP contribution is -1.86. The molecule has 0 aliphatic heterocycles. The number of methoxy groups -OCH3 is 1. The number of aryl methyl sites for hydroxylation is 2. The molecule has 1 N–H and O–H groups in total. The van der Waals surface area contributed by atoms with Gasteiger partial charge in [0, 0.05) is 16.6 Å². The van der Waals surface area contributed by atoms with Crippen molar-refractivity contribution in [1.29, 1.82) is 0 Å². The molecule has 1 heterocycles. The third-order valence-electron chi connectivity index (χ3n) is 2.86. The quantitative estimate of drug-likeness (QED) is 0.812. The van der Waals surface area contributed by atoms with Crippen LogP contribution in [0.5, 0.6) is 5.75 Å². The van der Waals surface area contributed by atoms with E-state index in [0.717, 1.165) is 18.6 Å². The summed E-state index contributed by atoms with van der Waals surface area (Å²) in [4.78, 5) is 3.46. The maximum atomic E-state index is 5.38. The Morgan fingerprint density at radius 1 is 1.33 bits per heavy atom. The van der Waals surface area contributed by atoms with E-state index in [4.69, 9.17) is 4.74 Å². The van der Waals surface area contributed by atoms with Crippen molar-refractivity contribution < 1.29 is 4.74 Å². The fraction of sp³-hybridized carbons (Fsp3) is 0.385. The fourth-order valence-electron chi connectivity index (χ4n) is 2.10. The fourth-order valence-corrected chi connectivity index (χ4v) is 2.10. The van der Waals surface area contributed by atoms with E-state index in [1.807, 2.05) is 12.1 Å². The molecule has 2 aromatic rings. The molecule has 0 radical (unpaired) electrons. The van der Waals surface area contributed by atoms with Crippen LogP contribution < -0.4 is 4.74 Å². The smallest absolute Gasteiger partial charge is 0.128 e. The molecule has 2 rings (SSSR count). The standard InChI is InChI=1S/C13H17NO/c1-4-6-10-9(2)13-11(14-10)7-5-8-12(13)15-3/h5,7-8,14H,4,6H2,1-3H3. The molecule has 0 bridgehead atoms. The summed E-state index contributed by atoms with van der Waals surface area (Å²) in [7, 11) is 1.72. The Kier molecular flexibility index (Phi) is 2.67. The van der Waals surface area contributed by atoms with Crippen molar-refractivity contribution in [3.63, 3.8) is 0 Å². The Balaban J connectivity index is 2.65. The van der Waals surface area contributed by atoms with Crippen LogP contribution in [0, 0.1) is 6.92 Å². The number of benzene rings is 1. The second-order valence-electron chi connectivity index (χ2n) is 3.86. The topological polar surface area (TPSA) is 25.0 Å². The van der Waals surface area contributed by atoms with E-state index in [1.165, 1.54) is 22.2 Å². The van der Waals surface area contributed by atoms with Gasteiger partial charge in [-0.15, -0.1) is 0 Å². The maximum absolute atomic E-state index is 5.38. The highest BCUT2D eigenvalue weighted by atomic mass is 16.5. The number of hydrogen-bond acceptors (Lipinski definition) is 1. The molecule has 0 unspecified atom stereocenters. The van der Waals surface area contributed by atoms with E-state index < -0.39 is 0 Å². The third-order valence-corrected chi connectivity index (χ3v) is 2.86. The van der Waals surface area contributed by atoms with Crippen LogP contribution in [0.25, 0.3) is 10.9 Å². The summed E-state index contributed by atoms with van der Waals surface area (Å²) < 4.78 is 5.38. The minimum atomic E-state index is 0.962. The molecule has 2 nitrogen and oxygen atoms in total. The van der Waals surface area contributed by atoms with Gasteiger partial charge >= 0.3 is 0 Å². The number of ether oxygens (including phenoxy) is 1. The third kappa shape index (κ3) is 1.60. The van der Waals surface area contributed by atoms with Crippen LogP contribution in [0.1, 0.15) is 24.6 Å². The predicted molar refractivity (Wildman–Crippen MR) is 63.6 cm³/mol. The molecular weight excluding hydrogens is 186 g/mol. The van der Waals surface area contributed by atoms with Crippen LogP contribution in [-0.2, 0) is 6.42 Å². The summed E-state index contributed by atoms with van der Waals surface area (Å²) in [6.45, 7) is 4.36. The second kappa shape index (κ2) is 3.97. The lowest BCUT2D eigenvalue weighted by atomic mass is 10.1. The van der Waals surface area contributed by atoms with Crippen LogP contribution in [0.4, 0.5) is 0 Å². The Hall–Kier alpha value is -1.44. The van der Waals surface area contributed by atoms with Gasteiger partial charge in [0.05, 0.1) is 7.11 Å². The van der Waals surface area contributed by atoms with Crippen LogP contribution in [0.15, 0.2) is 18.2 Å². The highest BCUT2D eigenvalue weighted by Crippen LogP contribution is 2.30. The molecule has 0 fully saturated rings. The first kappa shape index (κ1) is 10.1. The zero-order chi connectivity index (χ0) is 10.8. The van der Waals surface area contributed by atoms with Crippen molar-refractivity contribution in [3.05, 3.63) is 29.5 Å². The van der Waals surface area contributed by atoms with E-state index in [0.29, 0.717) is 0 Å². The summed E-state index contributed by atoms with van der Waals surface area (Å²) >= 11 is 0. The number of nitrogens with one attached hydrogen (secondary N) is 1. The summed E-state index contributed by atoms with van der Waals surface area (Å²) in [5.41, 5.74) is 3.83. The van der Waals surface area contributed by atoms with Crippen molar-refractivity contribution in [1.82, 2.24) is 4.98 Å². The Morgan fingerprint density at radius 2 is 2.13 bits per heavy atom. The second-order valence-corrected chi connectivity index (χ2v) is 3.86. The van der Waals surface area contributed by atoms with E-state index >= 15 is 0 Å². The Bertz CT molecular complexity index is 471. The molecule has 15 heavy (non-hydrogen) atoms. The van der Waals surface area contributed by atoms with Gasteiger partial charge in [0.25, 0.3) is 0 Å². The van der Waals surface area contributed by atoms with Gasteiger partial charge in [-0.2, -0.15) is 0 Å². The molecule has 0 aliphatic carbocycles. The van der Waals surface area contributed by atoms with E-state index in [-0.39, 0.29) is 0 Å². The molecule has 0 spiro atoms. The van der Waals surface area contributed by atoms with Gasteiger partial charge in [0.15, 0.2) is 0 Å². The highest BCUT2D eigenvalue weighted by Gasteiger charge is 2.10. The van der Waals surface area contributed by atoms with Crippen LogP contribution in [0.2, 0.25) is 0 Å². The molecule has 0 atom stereocenters. The molecule has 0 saturated carbocycles. The van der Waals surface area contributed by atoms with Crippen LogP contribution in [-0.4, -0.2) is 12.1 Å². The summed E-state index contributed by atoms with van der Waals surface area (Å²) in [6.07, 6.45) is 2.26. The van der Waals surface area contributed by atoms with Gasteiger partial charge in [0.1, 0.15) is 5.75 Å². The molecule has 1 aromatic carbocycles. The average Bonchev–Trinajstić information content (AvgIpc) is 2.57. The van der Waals surface area contributed by atoms with E-state index in [1.54, 1.807) is 7.11 Å². The van der Waals surface area contributed by atoms with Gasteiger partial charge in [-0.25, -0.2) is 0 Å². The number of rotatable bonds is 3. The Morgan fingerprint density at radius 3 is 2.80 bits per heavy atom. The SMILES string of the molecule is CCCc1[nH]c2cccc(OC)c2c1C. The van der Waals surface area contributed by atoms with Crippen LogP contribution >= 0.6 is 0 Å². The number of aromatic nitrogens is 1. The summed E-state index contributed by atoms with van der Waals surface area (Å²) in [5.74, 6) is 0.962. The first-order chi connectivity index (χ1) is 7.27. The van der Waals surface area contributed by atoms with Crippen molar-refractivity contribution in [3.8, 4) is 5.75 Å². The van der Waals surface area contributed by atoms with Gasteiger partial charge in [-0.3, -0.25) is 0 Å². The monoisotopic (exact) mass is 203 g/mol. The number of fused-ring (bicyclic) bond motifs is 1. The minimum absolute atomic E-state index is 0.962. The first-order valence-electron chi connectivity index (χ1n) is 5.42. The maximum Gasteiger partial charge on any atom is 0.128 e. The molecule has 1 aromatic heterocycles. The zero-order valence-electron chi connectivity index (χ0n) is 9.55. The van der Waals surface area contributed by atoms with Crippen LogP contribution in [0.3, 0.4) is 0 Å². The number of hydrogen-bond donors (Lipinski definition) is 1. The average molecular weight is 203 g/mol. The van der Waals surface area contributed by atoms with Gasteiger partial charge < -0.3 is 9.72 Å². The normalized spacial score (nSPS) is 10.9. The lowest BCUT2D eigenvalue weighted by Gasteiger charge is -2.02. The first-order valence-corrected chi connectivity index (χ1v) is 5.42. The molecule has 0 aliphatic rings. The summed E-state index contributed by atoms with van der Waals surface area (Å²) in [6, 6.07) is 6.13. The minimum Gasteiger partial charge on any atom is -0.496 e. The molecule has 0 saturated heterocycles. The van der Waals surface area contributed by atoms with Crippen molar-refractivity contribution in [2.75, 3.05) is 7.11 Å². The zero-order valence-corrected chi connectivity index (χ0v) is 9.55. The predicted octanol–water partition coefficient (Wildman–Crippen LogP) is 3.44. The lowest BCUT2D eigenvalue weighted by molar-refractivity contribution is 0.419. The molecular formula is C13H17NO. The number of H-pyrrole nitrogens is 1. The molecule has 2 heteroatoms. The van der Waals surface area contributed by atoms with Crippen molar-refractivity contribution in [2.24, 2.45) is 0 Å². The van der Waals surface area contributed by atoms with Gasteiger partial charge in [0.2, 0.25) is 0 Å². The Labute approximate surface area is 90.3 Å². The van der Waals surface area contributed by atoms with E-state index in [9.17, 15) is 0 Å². The van der Waals surface area contributed by atoms with E-state index in [2.05, 4.69) is 24.9 Å². The van der Waals surface area contributed by atoms with Gasteiger partial charge in [-0.05, 0) is 31.0 Å². The number of aromatic amines is 1. The molecule has 80 valence electrons. The van der Waals surface area contributed by atoms with Crippen molar-refractivity contribution in [2.45, 2.75) is 26.7 Å². The van der Waals surface area contributed by atoms with Gasteiger partial charge in [-0.1, -0.05) is 19.4 Å². The largest absolute Gasteiger partial charge is 0.496 e. The summed E-state index contributed by atoms with van der Waals surface area (Å²) in [5, 5.41) is 1.23.